The Morgan fingerprint density at radius 2 is 1.75 bits per heavy atom. The summed E-state index contributed by atoms with van der Waals surface area (Å²) in [6, 6.07) is 16.2. The first kappa shape index (κ1) is 16.7. The van der Waals surface area contributed by atoms with Gasteiger partial charge in [0.05, 0.1) is 11.7 Å². The number of hydrogen-bond acceptors (Lipinski definition) is 3. The molecular formula is C23H20N4O. The molecule has 1 saturated heterocycles. The lowest BCUT2D eigenvalue weighted by atomic mass is 9.97. The van der Waals surface area contributed by atoms with Gasteiger partial charge in [0.1, 0.15) is 0 Å². The van der Waals surface area contributed by atoms with Gasteiger partial charge in [-0.3, -0.25) is 14.5 Å². The van der Waals surface area contributed by atoms with E-state index in [9.17, 15) is 4.79 Å². The van der Waals surface area contributed by atoms with Gasteiger partial charge in [0.25, 0.3) is 5.91 Å². The Kier molecular flexibility index (Phi) is 3.93. The van der Waals surface area contributed by atoms with Crippen LogP contribution in [0.4, 0.5) is 0 Å². The second kappa shape index (κ2) is 6.60. The largest absolute Gasteiger partial charge is 0.339 e. The Labute approximate surface area is 163 Å². The predicted molar refractivity (Wildman–Crippen MR) is 110 cm³/mol. The van der Waals surface area contributed by atoms with Gasteiger partial charge in [-0.05, 0) is 47.4 Å². The minimum Gasteiger partial charge on any atom is -0.339 e. The number of aromatic nitrogens is 3. The highest BCUT2D eigenvalue weighted by molar-refractivity contribution is 6.02. The molecule has 1 fully saturated rings. The van der Waals surface area contributed by atoms with E-state index in [2.05, 4.69) is 34.3 Å². The molecule has 2 aromatic heterocycles. The third kappa shape index (κ3) is 2.85. The number of rotatable bonds is 3. The zero-order valence-corrected chi connectivity index (χ0v) is 15.7. The number of hydrogen-bond donors (Lipinski definition) is 0. The Morgan fingerprint density at radius 3 is 2.43 bits per heavy atom. The molecule has 2 aromatic carbocycles. The molecule has 3 heterocycles. The Hall–Kier alpha value is -3.47. The number of nitrogens with zero attached hydrogens (tertiary/aromatic N) is 4. The fraction of sp³-hybridized carbons (Fsp3) is 0.174. The van der Waals surface area contributed by atoms with Crippen molar-refractivity contribution in [1.29, 1.82) is 0 Å². The van der Waals surface area contributed by atoms with Gasteiger partial charge in [0.15, 0.2) is 0 Å². The molecule has 5 nitrogen and oxygen atoms in total. The average molecular weight is 368 g/mol. The van der Waals surface area contributed by atoms with E-state index in [1.54, 1.807) is 4.68 Å². The van der Waals surface area contributed by atoms with E-state index in [1.807, 2.05) is 54.8 Å². The van der Waals surface area contributed by atoms with Crippen molar-refractivity contribution in [1.82, 2.24) is 19.7 Å². The van der Waals surface area contributed by atoms with E-state index in [4.69, 9.17) is 0 Å². The number of amides is 1. The minimum atomic E-state index is 0.106. The third-order valence-electron chi connectivity index (χ3n) is 5.37. The zero-order valence-electron chi connectivity index (χ0n) is 15.7. The van der Waals surface area contributed by atoms with Crippen LogP contribution in [0.3, 0.4) is 0 Å². The molecule has 0 radical (unpaired) electrons. The maximum Gasteiger partial charge on any atom is 0.253 e. The summed E-state index contributed by atoms with van der Waals surface area (Å²) in [5.41, 5.74) is 6.04. The van der Waals surface area contributed by atoms with Crippen molar-refractivity contribution in [2.24, 2.45) is 7.05 Å². The van der Waals surface area contributed by atoms with Crippen LogP contribution in [0, 0.1) is 0 Å². The molecule has 0 aliphatic carbocycles. The number of carbonyl (C=O) groups excluding carboxylic acids is 1. The highest BCUT2D eigenvalue weighted by atomic mass is 16.2. The number of aryl methyl sites for hydroxylation is 1. The second-order valence-electron chi connectivity index (χ2n) is 7.22. The first-order valence-electron chi connectivity index (χ1n) is 9.46. The van der Waals surface area contributed by atoms with Crippen LogP contribution in [0.25, 0.3) is 33.2 Å². The number of benzene rings is 2. The lowest BCUT2D eigenvalue weighted by Gasteiger charge is -2.31. The van der Waals surface area contributed by atoms with Crippen LogP contribution < -0.4 is 0 Å². The lowest BCUT2D eigenvalue weighted by molar-refractivity contribution is 0.0652. The number of carbonyl (C=O) groups is 1. The molecular weight excluding hydrogens is 348 g/mol. The monoisotopic (exact) mass is 368 g/mol. The normalized spacial score (nSPS) is 13.5. The Morgan fingerprint density at radius 1 is 0.964 bits per heavy atom. The fourth-order valence-electron chi connectivity index (χ4n) is 3.65. The van der Waals surface area contributed by atoms with E-state index < -0.39 is 0 Å². The average Bonchev–Trinajstić information content (AvgIpc) is 3.12. The molecule has 1 aliphatic heterocycles. The van der Waals surface area contributed by atoms with Crippen molar-refractivity contribution >= 4 is 16.8 Å². The second-order valence-corrected chi connectivity index (χ2v) is 7.22. The summed E-state index contributed by atoms with van der Waals surface area (Å²) in [7, 11) is 1.92. The summed E-state index contributed by atoms with van der Waals surface area (Å²) in [6.07, 6.45) is 6.79. The quantitative estimate of drug-likeness (QED) is 0.546. The van der Waals surface area contributed by atoms with Crippen molar-refractivity contribution in [3.63, 3.8) is 0 Å². The van der Waals surface area contributed by atoms with E-state index in [0.717, 1.165) is 58.2 Å². The number of pyridine rings is 1. The molecule has 0 unspecified atom stereocenters. The van der Waals surface area contributed by atoms with Crippen molar-refractivity contribution in [3.05, 3.63) is 72.7 Å². The molecule has 0 bridgehead atoms. The highest BCUT2D eigenvalue weighted by Gasteiger charge is 2.22. The number of likely N-dealkylation sites (tertiary alicyclic amines) is 1. The third-order valence-corrected chi connectivity index (χ3v) is 5.37. The van der Waals surface area contributed by atoms with Crippen LogP contribution in [0.2, 0.25) is 0 Å². The summed E-state index contributed by atoms with van der Waals surface area (Å²) in [4.78, 5) is 19.0. The molecule has 1 aliphatic rings. The molecule has 0 saturated carbocycles. The lowest BCUT2D eigenvalue weighted by Crippen LogP contribution is -2.41. The van der Waals surface area contributed by atoms with Crippen molar-refractivity contribution in [3.8, 4) is 22.3 Å². The first-order chi connectivity index (χ1) is 13.7. The Balaban J connectivity index is 1.55. The molecule has 0 atom stereocenters. The summed E-state index contributed by atoms with van der Waals surface area (Å²) in [5.74, 6) is 0.106. The SMILES string of the molecule is Cn1cc(-c2ccc(-c3ccnc4ccc(C(=O)N5CCC5)cc34)cc2)cn1. The van der Waals surface area contributed by atoms with Crippen LogP contribution >= 0.6 is 0 Å². The molecule has 5 rings (SSSR count). The van der Waals surface area contributed by atoms with Crippen LogP contribution in [0.5, 0.6) is 0 Å². The van der Waals surface area contributed by atoms with Crippen molar-refractivity contribution < 1.29 is 4.79 Å². The van der Waals surface area contributed by atoms with Crippen LogP contribution in [-0.4, -0.2) is 38.7 Å². The maximum atomic E-state index is 12.6. The van der Waals surface area contributed by atoms with Crippen molar-refractivity contribution in [2.75, 3.05) is 13.1 Å². The molecule has 0 spiro atoms. The predicted octanol–water partition coefficient (Wildman–Crippen LogP) is 4.15. The summed E-state index contributed by atoms with van der Waals surface area (Å²) < 4.78 is 1.80. The van der Waals surface area contributed by atoms with Gasteiger partial charge in [-0.1, -0.05) is 24.3 Å². The van der Waals surface area contributed by atoms with Crippen LogP contribution in [-0.2, 0) is 7.05 Å². The first-order valence-corrected chi connectivity index (χ1v) is 9.46. The maximum absolute atomic E-state index is 12.6. The van der Waals surface area contributed by atoms with E-state index in [1.165, 1.54) is 0 Å². The zero-order chi connectivity index (χ0) is 19.1. The van der Waals surface area contributed by atoms with Gasteiger partial charge in [0.2, 0.25) is 0 Å². The Bertz CT molecular complexity index is 1170. The molecule has 1 amide bonds. The molecule has 4 aromatic rings. The molecule has 138 valence electrons. The van der Waals surface area contributed by atoms with Gasteiger partial charge >= 0.3 is 0 Å². The van der Waals surface area contributed by atoms with E-state index in [-0.39, 0.29) is 5.91 Å². The molecule has 0 N–H and O–H groups in total. The minimum absolute atomic E-state index is 0.106. The van der Waals surface area contributed by atoms with Gasteiger partial charge in [-0.2, -0.15) is 5.10 Å². The van der Waals surface area contributed by atoms with E-state index >= 15 is 0 Å². The van der Waals surface area contributed by atoms with Gasteiger partial charge in [-0.25, -0.2) is 0 Å². The smallest absolute Gasteiger partial charge is 0.253 e. The molecule has 28 heavy (non-hydrogen) atoms. The fourth-order valence-corrected chi connectivity index (χ4v) is 3.65. The standard InChI is InChI=1S/C23H20N4O/c1-26-15-19(14-25-26)16-3-5-17(6-4-16)20-9-10-24-22-8-7-18(13-21(20)22)23(28)27-11-2-12-27/h3-10,13-15H,2,11-12H2,1H3. The van der Waals surface area contributed by atoms with Gasteiger partial charge in [-0.15, -0.1) is 0 Å². The summed E-state index contributed by atoms with van der Waals surface area (Å²) in [5, 5.41) is 5.24. The molecule has 5 heteroatoms. The topological polar surface area (TPSA) is 51.0 Å². The van der Waals surface area contributed by atoms with Crippen molar-refractivity contribution in [2.45, 2.75) is 6.42 Å². The summed E-state index contributed by atoms with van der Waals surface area (Å²) >= 11 is 0. The van der Waals surface area contributed by atoms with Crippen LogP contribution in [0.15, 0.2) is 67.1 Å². The van der Waals surface area contributed by atoms with Crippen LogP contribution in [0.1, 0.15) is 16.8 Å². The van der Waals surface area contributed by atoms with E-state index in [0.29, 0.717) is 0 Å². The van der Waals surface area contributed by atoms with Gasteiger partial charge < -0.3 is 4.90 Å². The summed E-state index contributed by atoms with van der Waals surface area (Å²) in [6.45, 7) is 1.71. The highest BCUT2D eigenvalue weighted by Crippen LogP contribution is 2.30. The van der Waals surface area contributed by atoms with Gasteiger partial charge in [0, 0.05) is 49.0 Å². The number of fused-ring (bicyclic) bond motifs is 1.